The number of ether oxygens (including phenoxy) is 1. The van der Waals surface area contributed by atoms with Crippen molar-refractivity contribution in [2.24, 2.45) is 17.8 Å². The third-order valence-electron chi connectivity index (χ3n) is 3.18. The summed E-state index contributed by atoms with van der Waals surface area (Å²) >= 11 is 0. The Morgan fingerprint density at radius 2 is 2.25 bits per heavy atom. The summed E-state index contributed by atoms with van der Waals surface area (Å²) in [5.41, 5.74) is 1.11. The van der Waals surface area contributed by atoms with E-state index in [1.54, 1.807) is 0 Å². The molecule has 0 aromatic heterocycles. The number of hydrogen-bond acceptors (Lipinski definition) is 2. The van der Waals surface area contributed by atoms with Gasteiger partial charge in [-0.15, -0.1) is 0 Å². The number of carbonyl (C=O) groups is 1. The monoisotopic (exact) mass is 166 g/mol. The topological polar surface area (TPSA) is 26.3 Å². The molecule has 0 N–H and O–H groups in total. The Bertz CT molecular complexity index is 232. The Hall–Kier alpha value is -0.790. The molecule has 0 aromatic carbocycles. The average Bonchev–Trinajstić information content (AvgIpc) is 2.42. The van der Waals surface area contributed by atoms with Gasteiger partial charge < -0.3 is 4.74 Å². The molecule has 2 nitrogen and oxygen atoms in total. The maximum atomic E-state index is 11.4. The molecule has 2 rings (SSSR count). The predicted molar refractivity (Wildman–Crippen MR) is 45.5 cm³/mol. The molecule has 1 aliphatic carbocycles. The molecule has 2 fully saturated rings. The molecule has 1 saturated carbocycles. The molecule has 0 bridgehead atoms. The summed E-state index contributed by atoms with van der Waals surface area (Å²) in [6, 6.07) is 0. The van der Waals surface area contributed by atoms with Crippen molar-refractivity contribution in [3.63, 3.8) is 0 Å². The van der Waals surface area contributed by atoms with Crippen molar-refractivity contribution in [2.45, 2.75) is 19.8 Å². The van der Waals surface area contributed by atoms with E-state index >= 15 is 0 Å². The molecule has 1 aliphatic heterocycles. The molecule has 2 heteroatoms. The number of cyclic esters (lactones) is 1. The second kappa shape index (κ2) is 2.61. The van der Waals surface area contributed by atoms with Gasteiger partial charge in [-0.25, -0.2) is 0 Å². The summed E-state index contributed by atoms with van der Waals surface area (Å²) in [5, 5.41) is 0. The minimum Gasteiger partial charge on any atom is -0.461 e. The van der Waals surface area contributed by atoms with Crippen molar-refractivity contribution in [3.05, 3.63) is 12.2 Å². The largest absolute Gasteiger partial charge is 0.461 e. The van der Waals surface area contributed by atoms with Crippen LogP contribution in [0.2, 0.25) is 0 Å². The van der Waals surface area contributed by atoms with Crippen LogP contribution in [0.3, 0.4) is 0 Å². The number of hydrogen-bond donors (Lipinski definition) is 0. The van der Waals surface area contributed by atoms with Gasteiger partial charge in [0.2, 0.25) is 0 Å². The maximum Gasteiger partial charge on any atom is 0.310 e. The molecule has 0 spiro atoms. The summed E-state index contributed by atoms with van der Waals surface area (Å²) in [5.74, 6) is 1.02. The molecule has 0 aromatic rings. The van der Waals surface area contributed by atoms with Crippen molar-refractivity contribution < 1.29 is 9.53 Å². The first-order valence-electron chi connectivity index (χ1n) is 4.54. The predicted octanol–water partition coefficient (Wildman–Crippen LogP) is 1.76. The van der Waals surface area contributed by atoms with Gasteiger partial charge in [-0.05, 0) is 30.3 Å². The molecule has 2 aliphatic rings. The lowest BCUT2D eigenvalue weighted by molar-refractivity contribution is -0.153. The van der Waals surface area contributed by atoms with Gasteiger partial charge in [-0.3, -0.25) is 4.79 Å². The van der Waals surface area contributed by atoms with Gasteiger partial charge in [-0.2, -0.15) is 0 Å². The third-order valence-corrected chi connectivity index (χ3v) is 3.18. The smallest absolute Gasteiger partial charge is 0.310 e. The van der Waals surface area contributed by atoms with Gasteiger partial charge in [-0.1, -0.05) is 13.5 Å². The Morgan fingerprint density at radius 1 is 1.50 bits per heavy atom. The fourth-order valence-corrected chi connectivity index (χ4v) is 2.42. The lowest BCUT2D eigenvalue weighted by atomic mass is 9.84. The van der Waals surface area contributed by atoms with E-state index in [4.69, 9.17) is 4.74 Å². The number of fused-ring (bicyclic) bond motifs is 1. The highest BCUT2D eigenvalue weighted by Crippen LogP contribution is 2.43. The van der Waals surface area contributed by atoms with Gasteiger partial charge in [0.05, 0.1) is 5.92 Å². The first-order valence-corrected chi connectivity index (χ1v) is 4.54. The van der Waals surface area contributed by atoms with Crippen LogP contribution in [0, 0.1) is 17.8 Å². The summed E-state index contributed by atoms with van der Waals surface area (Å²) in [7, 11) is 0. The second-order valence-corrected chi connectivity index (χ2v) is 3.95. The zero-order valence-electron chi connectivity index (χ0n) is 7.38. The molecular formula is C10H14O2. The van der Waals surface area contributed by atoms with Crippen LogP contribution in [0.5, 0.6) is 0 Å². The fraction of sp³-hybridized carbons (Fsp3) is 0.700. The van der Waals surface area contributed by atoms with E-state index < -0.39 is 0 Å². The lowest BCUT2D eigenvalue weighted by Crippen LogP contribution is -2.33. The standard InChI is InChI=1S/C10H14O2/c1-6-3-4-8-7(2)5-12-10(11)9(6)8/h6,8-9H,2-5H2,1H3/t6-,8?,9+/m0/s1. The van der Waals surface area contributed by atoms with E-state index in [1.807, 2.05) is 0 Å². The molecule has 1 unspecified atom stereocenters. The molecular weight excluding hydrogens is 152 g/mol. The molecule has 1 heterocycles. The van der Waals surface area contributed by atoms with Gasteiger partial charge in [0.15, 0.2) is 0 Å². The summed E-state index contributed by atoms with van der Waals surface area (Å²) in [6.45, 7) is 6.53. The van der Waals surface area contributed by atoms with Crippen molar-refractivity contribution >= 4 is 5.97 Å². The Balaban J connectivity index is 2.24. The van der Waals surface area contributed by atoms with Crippen LogP contribution in [0.25, 0.3) is 0 Å². The number of rotatable bonds is 0. The molecule has 3 atom stereocenters. The Morgan fingerprint density at radius 3 is 2.92 bits per heavy atom. The molecule has 66 valence electrons. The minimum absolute atomic E-state index is 0.00241. The Labute approximate surface area is 72.6 Å². The maximum absolute atomic E-state index is 11.4. The normalized spacial score (nSPS) is 40.9. The van der Waals surface area contributed by atoms with Crippen molar-refractivity contribution in [3.8, 4) is 0 Å². The van der Waals surface area contributed by atoms with Crippen LogP contribution in [-0.4, -0.2) is 12.6 Å². The highest BCUT2D eigenvalue weighted by atomic mass is 16.5. The first kappa shape index (κ1) is 7.84. The van der Waals surface area contributed by atoms with E-state index in [2.05, 4.69) is 13.5 Å². The molecule has 0 radical (unpaired) electrons. The average molecular weight is 166 g/mol. The van der Waals surface area contributed by atoms with Crippen molar-refractivity contribution in [1.82, 2.24) is 0 Å². The van der Waals surface area contributed by atoms with E-state index in [0.29, 0.717) is 18.4 Å². The first-order chi connectivity index (χ1) is 5.70. The summed E-state index contributed by atoms with van der Waals surface area (Å²) in [6.07, 6.45) is 2.27. The van der Waals surface area contributed by atoms with Crippen molar-refractivity contribution in [2.75, 3.05) is 6.61 Å². The SMILES string of the molecule is C=C1COC(=O)[C@H]2C1CC[C@@H]2C. The summed E-state index contributed by atoms with van der Waals surface area (Å²) < 4.78 is 5.04. The van der Waals surface area contributed by atoms with Crippen LogP contribution in [-0.2, 0) is 9.53 Å². The second-order valence-electron chi connectivity index (χ2n) is 3.95. The number of esters is 1. The van der Waals surface area contributed by atoms with E-state index in [0.717, 1.165) is 18.4 Å². The van der Waals surface area contributed by atoms with Gasteiger partial charge >= 0.3 is 5.97 Å². The molecule has 0 amide bonds. The zero-order chi connectivity index (χ0) is 8.72. The van der Waals surface area contributed by atoms with Crippen LogP contribution in [0.1, 0.15) is 19.8 Å². The van der Waals surface area contributed by atoms with Gasteiger partial charge in [0, 0.05) is 0 Å². The molecule has 12 heavy (non-hydrogen) atoms. The van der Waals surface area contributed by atoms with E-state index in [-0.39, 0.29) is 11.9 Å². The van der Waals surface area contributed by atoms with Crippen LogP contribution in [0.15, 0.2) is 12.2 Å². The summed E-state index contributed by atoms with van der Waals surface area (Å²) in [4.78, 5) is 11.4. The van der Waals surface area contributed by atoms with Gasteiger partial charge in [0.1, 0.15) is 6.61 Å². The highest BCUT2D eigenvalue weighted by Gasteiger charge is 2.43. The van der Waals surface area contributed by atoms with E-state index in [9.17, 15) is 4.79 Å². The van der Waals surface area contributed by atoms with Crippen LogP contribution < -0.4 is 0 Å². The zero-order valence-corrected chi connectivity index (χ0v) is 7.38. The minimum atomic E-state index is -0.00241. The quantitative estimate of drug-likeness (QED) is 0.405. The Kier molecular flexibility index (Phi) is 1.71. The molecule has 1 saturated heterocycles. The van der Waals surface area contributed by atoms with Crippen LogP contribution >= 0.6 is 0 Å². The van der Waals surface area contributed by atoms with Crippen molar-refractivity contribution in [1.29, 1.82) is 0 Å². The highest BCUT2D eigenvalue weighted by molar-refractivity contribution is 5.75. The fourth-order valence-electron chi connectivity index (χ4n) is 2.42. The van der Waals surface area contributed by atoms with Gasteiger partial charge in [0.25, 0.3) is 0 Å². The van der Waals surface area contributed by atoms with Crippen LogP contribution in [0.4, 0.5) is 0 Å². The van der Waals surface area contributed by atoms with E-state index in [1.165, 1.54) is 0 Å². The number of carbonyl (C=O) groups excluding carboxylic acids is 1. The third kappa shape index (κ3) is 0.977. The lowest BCUT2D eigenvalue weighted by Gasteiger charge is -2.28.